The van der Waals surface area contributed by atoms with Crippen molar-refractivity contribution in [3.05, 3.63) is 6.33 Å². The molecule has 2 fully saturated rings. The molecule has 0 radical (unpaired) electrons. The fourth-order valence-corrected chi connectivity index (χ4v) is 5.05. The van der Waals surface area contributed by atoms with Crippen molar-refractivity contribution in [3.63, 3.8) is 0 Å². The number of carbonyl (C=O) groups excluding carboxylic acids is 2. The second-order valence-corrected chi connectivity index (χ2v) is 8.77. The minimum Gasteiger partial charge on any atom is -0.466 e. The zero-order valence-electron chi connectivity index (χ0n) is 14.8. The summed E-state index contributed by atoms with van der Waals surface area (Å²) in [4.78, 5) is 29.1. The number of nitrogens with one attached hydrogen (secondary N) is 1. The van der Waals surface area contributed by atoms with Crippen LogP contribution in [0, 0.1) is 17.8 Å². The van der Waals surface area contributed by atoms with Gasteiger partial charge in [0.15, 0.2) is 0 Å². The highest BCUT2D eigenvalue weighted by molar-refractivity contribution is 7.99. The summed E-state index contributed by atoms with van der Waals surface area (Å²) < 4.78 is 10.7. The lowest BCUT2D eigenvalue weighted by atomic mass is 9.91. The maximum atomic E-state index is 12.7. The van der Waals surface area contributed by atoms with Gasteiger partial charge in [-0.1, -0.05) is 11.8 Å². The van der Waals surface area contributed by atoms with Gasteiger partial charge in [0.05, 0.1) is 12.5 Å². The van der Waals surface area contributed by atoms with Gasteiger partial charge in [0.1, 0.15) is 17.5 Å². The summed E-state index contributed by atoms with van der Waals surface area (Å²) >= 11 is 1.44. The van der Waals surface area contributed by atoms with E-state index in [1.54, 1.807) is 27.7 Å². The zero-order chi connectivity index (χ0) is 18.4. The molecule has 2 saturated carbocycles. The van der Waals surface area contributed by atoms with E-state index in [9.17, 15) is 9.59 Å². The second-order valence-electron chi connectivity index (χ2n) is 7.57. The van der Waals surface area contributed by atoms with Crippen LogP contribution in [-0.4, -0.2) is 50.1 Å². The molecule has 1 aromatic heterocycles. The molecule has 138 valence electrons. The quantitative estimate of drug-likeness (QED) is 0.742. The monoisotopic (exact) mass is 368 g/mol. The largest absolute Gasteiger partial charge is 0.466 e. The summed E-state index contributed by atoms with van der Waals surface area (Å²) in [5.74, 6) is -1.42. The van der Waals surface area contributed by atoms with Gasteiger partial charge >= 0.3 is 11.9 Å². The summed E-state index contributed by atoms with van der Waals surface area (Å²) in [5.41, 5.74) is 4.67. The molecular formula is C16H24N4O4S. The molecule has 3 rings (SSSR count). The van der Waals surface area contributed by atoms with Crippen LogP contribution in [0.5, 0.6) is 0 Å². The number of rotatable bonds is 5. The van der Waals surface area contributed by atoms with E-state index in [2.05, 4.69) is 15.2 Å². The average Bonchev–Trinajstić information content (AvgIpc) is 2.92. The Hall–Kier alpha value is -1.61. The number of H-pyrrole nitrogens is 1. The minimum absolute atomic E-state index is 0.0277. The highest BCUT2D eigenvalue weighted by Crippen LogP contribution is 2.65. The van der Waals surface area contributed by atoms with Crippen molar-refractivity contribution in [3.8, 4) is 0 Å². The van der Waals surface area contributed by atoms with Crippen LogP contribution in [0.2, 0.25) is 0 Å². The summed E-state index contributed by atoms with van der Waals surface area (Å²) in [5, 5.41) is 7.25. The molecule has 0 saturated heterocycles. The van der Waals surface area contributed by atoms with Gasteiger partial charge < -0.3 is 15.2 Å². The van der Waals surface area contributed by atoms with E-state index in [1.165, 1.54) is 18.1 Å². The van der Waals surface area contributed by atoms with Gasteiger partial charge in [0.25, 0.3) is 0 Å². The molecule has 0 spiro atoms. The first-order chi connectivity index (χ1) is 11.7. The average molecular weight is 368 g/mol. The van der Waals surface area contributed by atoms with Crippen LogP contribution >= 0.6 is 11.8 Å². The Bertz CT molecular complexity index is 660. The number of esters is 2. The third-order valence-corrected chi connectivity index (χ3v) is 5.82. The topological polar surface area (TPSA) is 120 Å². The Morgan fingerprint density at radius 3 is 2.76 bits per heavy atom. The fourth-order valence-electron chi connectivity index (χ4n) is 3.71. The second kappa shape index (κ2) is 6.28. The number of nitrogens with two attached hydrogens (primary N) is 1. The van der Waals surface area contributed by atoms with Crippen LogP contribution in [0.3, 0.4) is 0 Å². The van der Waals surface area contributed by atoms with Crippen molar-refractivity contribution in [1.29, 1.82) is 0 Å². The molecular weight excluding hydrogens is 344 g/mol. The number of hydrogen-bond donors (Lipinski definition) is 2. The molecule has 0 amide bonds. The Morgan fingerprint density at radius 2 is 2.20 bits per heavy atom. The van der Waals surface area contributed by atoms with Crippen molar-refractivity contribution >= 4 is 23.7 Å². The molecule has 2 aliphatic rings. The van der Waals surface area contributed by atoms with E-state index in [4.69, 9.17) is 15.2 Å². The maximum Gasteiger partial charge on any atom is 0.327 e. The van der Waals surface area contributed by atoms with Crippen LogP contribution in [0.4, 0.5) is 0 Å². The van der Waals surface area contributed by atoms with Crippen molar-refractivity contribution in [1.82, 2.24) is 15.2 Å². The Kier molecular flexibility index (Phi) is 4.57. The van der Waals surface area contributed by atoms with Crippen molar-refractivity contribution in [2.24, 2.45) is 23.5 Å². The molecule has 25 heavy (non-hydrogen) atoms. The molecule has 5 atom stereocenters. The molecule has 3 N–H and O–H groups in total. The lowest BCUT2D eigenvalue weighted by molar-refractivity contribution is -0.162. The van der Waals surface area contributed by atoms with Crippen LogP contribution in [-0.2, 0) is 19.1 Å². The van der Waals surface area contributed by atoms with Crippen molar-refractivity contribution < 1.29 is 19.1 Å². The number of fused-ring (bicyclic) bond motifs is 1. The molecule has 0 aliphatic heterocycles. The molecule has 1 aromatic rings. The number of carbonyl (C=O) groups is 2. The number of nitrogens with zero attached hydrogens (tertiary/aromatic N) is 2. The zero-order valence-corrected chi connectivity index (χ0v) is 15.6. The van der Waals surface area contributed by atoms with Gasteiger partial charge in [0.2, 0.25) is 5.16 Å². The van der Waals surface area contributed by atoms with Crippen molar-refractivity contribution in [2.45, 2.75) is 55.7 Å². The molecule has 1 heterocycles. The highest BCUT2D eigenvalue weighted by atomic mass is 32.2. The van der Waals surface area contributed by atoms with Gasteiger partial charge in [-0.25, -0.2) is 4.98 Å². The summed E-state index contributed by atoms with van der Waals surface area (Å²) in [6.45, 7) is 7.47. The first kappa shape index (κ1) is 18.2. The number of aromatic nitrogens is 3. The fraction of sp³-hybridized carbons (Fsp3) is 0.750. The van der Waals surface area contributed by atoms with Crippen LogP contribution in [0.15, 0.2) is 11.5 Å². The number of aromatic amines is 1. The van der Waals surface area contributed by atoms with E-state index in [0.717, 1.165) is 0 Å². The first-order valence-electron chi connectivity index (χ1n) is 8.39. The third kappa shape index (κ3) is 3.39. The smallest absolute Gasteiger partial charge is 0.327 e. The van der Waals surface area contributed by atoms with Gasteiger partial charge in [-0.15, -0.1) is 5.10 Å². The lowest BCUT2D eigenvalue weighted by Gasteiger charge is -2.31. The van der Waals surface area contributed by atoms with Crippen LogP contribution in [0.1, 0.15) is 34.1 Å². The Morgan fingerprint density at radius 1 is 1.48 bits per heavy atom. The van der Waals surface area contributed by atoms with E-state index < -0.39 is 17.1 Å². The summed E-state index contributed by atoms with van der Waals surface area (Å²) in [6, 6.07) is 0. The molecule has 0 bridgehead atoms. The third-order valence-electron chi connectivity index (χ3n) is 4.63. The van der Waals surface area contributed by atoms with Crippen LogP contribution < -0.4 is 5.73 Å². The lowest BCUT2D eigenvalue weighted by Crippen LogP contribution is -2.53. The molecule has 8 nitrogen and oxygen atoms in total. The summed E-state index contributed by atoms with van der Waals surface area (Å²) in [6.07, 6.45) is 1.92. The Labute approximate surface area is 150 Å². The molecule has 2 aliphatic carbocycles. The van der Waals surface area contributed by atoms with Gasteiger partial charge in [0, 0.05) is 11.2 Å². The van der Waals surface area contributed by atoms with E-state index in [1.807, 2.05) is 0 Å². The number of hydrogen-bond acceptors (Lipinski definition) is 8. The predicted molar refractivity (Wildman–Crippen MR) is 90.5 cm³/mol. The molecule has 9 heteroatoms. The number of thioether (sulfide) groups is 1. The highest BCUT2D eigenvalue weighted by Gasteiger charge is 2.74. The normalized spacial score (nSPS) is 33.6. The standard InChI is InChI=1S/C16H24N4O4S/c1-5-23-12(21)10-9-8(25-14-18-7-19-20-14)6-16(17,11(9)10)13(22)24-15(2,3)4/h7-11H,5-6,17H2,1-4H3,(H,18,19,20)/t8-,9-,10-,11-,16-/m0/s1. The molecule has 0 unspecified atom stereocenters. The Balaban J connectivity index is 1.82. The van der Waals surface area contributed by atoms with E-state index in [-0.39, 0.29) is 29.0 Å². The van der Waals surface area contributed by atoms with Gasteiger partial charge in [-0.05, 0) is 40.0 Å². The first-order valence-corrected chi connectivity index (χ1v) is 9.26. The van der Waals surface area contributed by atoms with Crippen molar-refractivity contribution in [2.75, 3.05) is 6.61 Å². The number of ether oxygens (including phenoxy) is 2. The van der Waals surface area contributed by atoms with Crippen LogP contribution in [0.25, 0.3) is 0 Å². The predicted octanol–water partition coefficient (Wildman–Crippen LogP) is 1.13. The minimum atomic E-state index is -1.19. The van der Waals surface area contributed by atoms with E-state index >= 15 is 0 Å². The van der Waals surface area contributed by atoms with Gasteiger partial charge in [-0.3, -0.25) is 14.7 Å². The summed E-state index contributed by atoms with van der Waals surface area (Å²) in [7, 11) is 0. The van der Waals surface area contributed by atoms with E-state index in [0.29, 0.717) is 18.2 Å². The maximum absolute atomic E-state index is 12.7. The SMILES string of the molecule is CCOC(=O)[C@H]1[C@H]2[C@@H]1[C@](N)(C(=O)OC(C)(C)C)C[C@@H]2Sc1nc[nH]n1. The molecule has 0 aromatic carbocycles. The van der Waals surface area contributed by atoms with Gasteiger partial charge in [-0.2, -0.15) is 0 Å².